The minimum atomic E-state index is -4.89. The Balaban J connectivity index is 3.49. The summed E-state index contributed by atoms with van der Waals surface area (Å²) in [6.45, 7) is 0. The highest BCUT2D eigenvalue weighted by Gasteiger charge is 2.35. The van der Waals surface area contributed by atoms with Crippen LogP contribution >= 0.6 is 11.6 Å². The van der Waals surface area contributed by atoms with Crippen LogP contribution in [0.4, 0.5) is 17.6 Å². The van der Waals surface area contributed by atoms with Crippen LogP contribution in [-0.4, -0.2) is 11.1 Å². The molecule has 0 saturated heterocycles. The lowest BCUT2D eigenvalue weighted by atomic mass is 10.1. The van der Waals surface area contributed by atoms with Crippen molar-refractivity contribution in [2.75, 3.05) is 0 Å². The van der Waals surface area contributed by atoms with Crippen molar-refractivity contribution in [1.82, 2.24) is 0 Å². The van der Waals surface area contributed by atoms with Gasteiger partial charge < -0.3 is 5.11 Å². The minimum absolute atomic E-state index is 0.148. The third-order valence-electron chi connectivity index (χ3n) is 1.57. The fraction of sp³-hybridized carbons (Fsp3) is 0.125. The van der Waals surface area contributed by atoms with Crippen LogP contribution in [0.15, 0.2) is 12.1 Å². The SMILES string of the molecule is O=C(O)c1cc(F)cc(C(F)(F)F)c1Cl. The first-order valence-electron chi connectivity index (χ1n) is 3.53. The van der Waals surface area contributed by atoms with E-state index in [9.17, 15) is 22.4 Å². The summed E-state index contributed by atoms with van der Waals surface area (Å²) >= 11 is 5.19. The van der Waals surface area contributed by atoms with Crippen molar-refractivity contribution in [3.63, 3.8) is 0 Å². The molecule has 0 aliphatic rings. The van der Waals surface area contributed by atoms with Gasteiger partial charge in [-0.25, -0.2) is 9.18 Å². The molecule has 0 aromatic heterocycles. The maximum atomic E-state index is 12.7. The molecule has 0 spiro atoms. The summed E-state index contributed by atoms with van der Waals surface area (Å²) < 4.78 is 49.4. The monoisotopic (exact) mass is 242 g/mol. The van der Waals surface area contributed by atoms with Crippen LogP contribution < -0.4 is 0 Å². The van der Waals surface area contributed by atoms with Crippen molar-refractivity contribution < 1.29 is 27.5 Å². The summed E-state index contributed by atoms with van der Waals surface area (Å²) in [5.74, 6) is -3.02. The number of rotatable bonds is 1. The van der Waals surface area contributed by atoms with E-state index in [-0.39, 0.29) is 6.07 Å². The van der Waals surface area contributed by atoms with Gasteiger partial charge in [-0.2, -0.15) is 13.2 Å². The Kier molecular flexibility index (Phi) is 2.90. The zero-order valence-corrected chi connectivity index (χ0v) is 7.66. The van der Waals surface area contributed by atoms with Gasteiger partial charge in [0.1, 0.15) is 5.82 Å². The molecule has 1 aromatic carbocycles. The molecular formula is C8H3ClF4O2. The summed E-state index contributed by atoms with van der Waals surface area (Å²) in [5, 5.41) is 7.44. The molecule has 7 heteroatoms. The lowest BCUT2D eigenvalue weighted by Gasteiger charge is -2.10. The summed E-state index contributed by atoms with van der Waals surface area (Å²) in [7, 11) is 0. The fourth-order valence-electron chi connectivity index (χ4n) is 0.951. The van der Waals surface area contributed by atoms with Crippen LogP contribution in [0.2, 0.25) is 5.02 Å². The molecule has 0 heterocycles. The van der Waals surface area contributed by atoms with Gasteiger partial charge in [-0.3, -0.25) is 0 Å². The van der Waals surface area contributed by atoms with E-state index in [4.69, 9.17) is 16.7 Å². The summed E-state index contributed by atoms with van der Waals surface area (Å²) in [4.78, 5) is 10.4. The predicted octanol–water partition coefficient (Wildman–Crippen LogP) is 3.20. The van der Waals surface area contributed by atoms with Crippen LogP contribution in [-0.2, 0) is 6.18 Å². The van der Waals surface area contributed by atoms with Gasteiger partial charge in [0.25, 0.3) is 0 Å². The Bertz CT molecular complexity index is 414. The van der Waals surface area contributed by atoms with E-state index >= 15 is 0 Å². The molecule has 0 amide bonds. The molecule has 0 bridgehead atoms. The molecule has 0 fully saturated rings. The van der Waals surface area contributed by atoms with Gasteiger partial charge >= 0.3 is 12.1 Å². The van der Waals surface area contributed by atoms with Gasteiger partial charge in [-0.15, -0.1) is 0 Å². The van der Waals surface area contributed by atoms with Gasteiger partial charge in [-0.1, -0.05) is 11.6 Å². The largest absolute Gasteiger partial charge is 0.478 e. The van der Waals surface area contributed by atoms with Crippen LogP contribution in [0.25, 0.3) is 0 Å². The highest BCUT2D eigenvalue weighted by molar-refractivity contribution is 6.34. The highest BCUT2D eigenvalue weighted by atomic mass is 35.5. The van der Waals surface area contributed by atoms with Crippen molar-refractivity contribution in [2.45, 2.75) is 6.18 Å². The summed E-state index contributed by atoms with van der Waals surface area (Å²) in [6.07, 6.45) is -4.89. The topological polar surface area (TPSA) is 37.3 Å². The first kappa shape index (κ1) is 11.8. The third kappa shape index (κ3) is 2.38. The van der Waals surface area contributed by atoms with Crippen molar-refractivity contribution >= 4 is 17.6 Å². The smallest absolute Gasteiger partial charge is 0.417 e. The molecule has 1 aromatic rings. The van der Waals surface area contributed by atoms with Crippen LogP contribution in [0.5, 0.6) is 0 Å². The van der Waals surface area contributed by atoms with Crippen molar-refractivity contribution in [2.24, 2.45) is 0 Å². The fourth-order valence-corrected chi connectivity index (χ4v) is 1.25. The lowest BCUT2D eigenvalue weighted by Crippen LogP contribution is -2.10. The zero-order valence-electron chi connectivity index (χ0n) is 6.90. The van der Waals surface area contributed by atoms with Crippen LogP contribution in [0.1, 0.15) is 15.9 Å². The van der Waals surface area contributed by atoms with E-state index in [1.165, 1.54) is 0 Å². The average molecular weight is 243 g/mol. The number of aromatic carboxylic acids is 1. The molecule has 0 atom stereocenters. The average Bonchev–Trinajstić information content (AvgIpc) is 2.06. The standard InChI is InChI=1S/C8H3ClF4O2/c9-6-4(7(14)15)1-3(10)2-5(6)8(11,12)13/h1-2H,(H,14,15). The molecule has 0 unspecified atom stereocenters. The maximum absolute atomic E-state index is 12.7. The molecule has 2 nitrogen and oxygen atoms in total. The summed E-state index contributed by atoms with van der Waals surface area (Å²) in [6, 6.07) is 0.578. The third-order valence-corrected chi connectivity index (χ3v) is 1.98. The Labute approximate surface area is 86.1 Å². The number of halogens is 5. The molecule has 1 N–H and O–H groups in total. The van der Waals surface area contributed by atoms with Gasteiger partial charge in [0.15, 0.2) is 0 Å². The van der Waals surface area contributed by atoms with Gasteiger partial charge in [0, 0.05) is 0 Å². The molecular weight excluding hydrogens is 240 g/mol. The number of hydrogen-bond donors (Lipinski definition) is 1. The highest BCUT2D eigenvalue weighted by Crippen LogP contribution is 2.36. The van der Waals surface area contributed by atoms with E-state index in [0.29, 0.717) is 6.07 Å². The second-order valence-corrected chi connectivity index (χ2v) is 3.00. The minimum Gasteiger partial charge on any atom is -0.478 e. The van der Waals surface area contributed by atoms with Gasteiger partial charge in [-0.05, 0) is 12.1 Å². The number of carbonyl (C=O) groups is 1. The number of carboxylic acids is 1. The molecule has 82 valence electrons. The number of hydrogen-bond acceptors (Lipinski definition) is 1. The first-order valence-corrected chi connectivity index (χ1v) is 3.91. The van der Waals surface area contributed by atoms with Gasteiger partial charge in [0.2, 0.25) is 0 Å². The Morgan fingerprint density at radius 3 is 2.27 bits per heavy atom. The Hall–Kier alpha value is -1.30. The predicted molar refractivity (Wildman–Crippen MR) is 43.4 cm³/mol. The van der Waals surface area contributed by atoms with E-state index < -0.39 is 34.1 Å². The molecule has 15 heavy (non-hydrogen) atoms. The Morgan fingerprint density at radius 1 is 1.33 bits per heavy atom. The normalized spacial score (nSPS) is 11.5. The maximum Gasteiger partial charge on any atom is 0.417 e. The molecule has 0 aliphatic heterocycles. The van der Waals surface area contributed by atoms with E-state index in [0.717, 1.165) is 0 Å². The van der Waals surface area contributed by atoms with Gasteiger partial charge in [0.05, 0.1) is 16.1 Å². The second-order valence-electron chi connectivity index (χ2n) is 2.62. The Morgan fingerprint density at radius 2 is 1.87 bits per heavy atom. The van der Waals surface area contributed by atoms with E-state index in [2.05, 4.69) is 0 Å². The molecule has 0 radical (unpaired) electrons. The van der Waals surface area contributed by atoms with E-state index in [1.54, 1.807) is 0 Å². The first-order chi connectivity index (χ1) is 6.73. The number of benzene rings is 1. The quantitative estimate of drug-likeness (QED) is 0.768. The van der Waals surface area contributed by atoms with Crippen LogP contribution in [0, 0.1) is 5.82 Å². The zero-order chi connectivity index (χ0) is 11.8. The summed E-state index contributed by atoms with van der Waals surface area (Å²) in [5.41, 5.74) is -2.41. The van der Waals surface area contributed by atoms with Crippen molar-refractivity contribution in [1.29, 1.82) is 0 Å². The molecule has 1 rings (SSSR count). The lowest BCUT2D eigenvalue weighted by molar-refractivity contribution is -0.137. The van der Waals surface area contributed by atoms with Crippen molar-refractivity contribution in [3.05, 3.63) is 34.1 Å². The molecule has 0 aliphatic carbocycles. The van der Waals surface area contributed by atoms with Crippen molar-refractivity contribution in [3.8, 4) is 0 Å². The molecule has 0 saturated carbocycles. The van der Waals surface area contributed by atoms with Crippen LogP contribution in [0.3, 0.4) is 0 Å². The van der Waals surface area contributed by atoms with E-state index in [1.807, 2.05) is 0 Å². The number of carboxylic acid groups (broad SMARTS) is 1. The second kappa shape index (κ2) is 3.69. The number of alkyl halides is 3.